The molecule has 1 aromatic rings. The van der Waals surface area contributed by atoms with E-state index in [-0.39, 0.29) is 5.78 Å². The van der Waals surface area contributed by atoms with Crippen molar-refractivity contribution in [3.63, 3.8) is 0 Å². The maximum absolute atomic E-state index is 11.7. The summed E-state index contributed by atoms with van der Waals surface area (Å²) in [5.74, 6) is -0.882. The van der Waals surface area contributed by atoms with Crippen LogP contribution in [0, 0.1) is 11.3 Å². The van der Waals surface area contributed by atoms with Crippen LogP contribution in [-0.2, 0) is 9.59 Å². The number of benzene rings is 1. The molecule has 0 bridgehead atoms. The Morgan fingerprint density at radius 1 is 1.25 bits per heavy atom. The van der Waals surface area contributed by atoms with Crippen LogP contribution in [0.3, 0.4) is 0 Å². The summed E-state index contributed by atoms with van der Waals surface area (Å²) in [6, 6.07) is 8.84. The lowest BCUT2D eigenvalue weighted by Gasteiger charge is -2.26. The molecule has 80 valence electrons. The minimum Gasteiger partial charge on any atom is -0.304 e. The summed E-state index contributed by atoms with van der Waals surface area (Å²) in [4.78, 5) is 24.4. The van der Waals surface area contributed by atoms with Crippen molar-refractivity contribution in [2.75, 3.05) is 11.4 Å². The average molecular weight is 214 g/mol. The number of amides is 1. The number of para-hydroxylation sites is 1. The molecule has 0 spiro atoms. The minimum absolute atomic E-state index is 0.310. The summed E-state index contributed by atoms with van der Waals surface area (Å²) >= 11 is 0. The Morgan fingerprint density at radius 2 is 2.00 bits per heavy atom. The van der Waals surface area contributed by atoms with Crippen molar-refractivity contribution >= 4 is 17.4 Å². The molecular formula is C12H10N2O2. The van der Waals surface area contributed by atoms with E-state index in [0.29, 0.717) is 30.6 Å². The Bertz CT molecular complexity index is 488. The number of hydrogen-bond acceptors (Lipinski definition) is 3. The lowest BCUT2D eigenvalue weighted by molar-refractivity contribution is -0.137. The predicted octanol–water partition coefficient (Wildman–Crippen LogP) is 1.25. The highest BCUT2D eigenvalue weighted by Gasteiger charge is 2.28. The number of hydrogen-bond donors (Lipinski definition) is 0. The quantitative estimate of drug-likeness (QED) is 0.661. The van der Waals surface area contributed by atoms with Gasteiger partial charge in [-0.2, -0.15) is 5.26 Å². The number of nitrogens with zero attached hydrogens (tertiary/aromatic N) is 2. The van der Waals surface area contributed by atoms with Crippen molar-refractivity contribution in [2.24, 2.45) is 0 Å². The topological polar surface area (TPSA) is 61.2 Å². The second kappa shape index (κ2) is 4.15. The second-order valence-electron chi connectivity index (χ2n) is 3.61. The molecule has 0 saturated carbocycles. The van der Waals surface area contributed by atoms with Gasteiger partial charge in [-0.3, -0.25) is 9.59 Å². The number of rotatable bonds is 1. The summed E-state index contributed by atoms with van der Waals surface area (Å²) in [5.41, 5.74) is 0.952. The molecule has 4 nitrogen and oxygen atoms in total. The fourth-order valence-corrected chi connectivity index (χ4v) is 1.79. The first-order valence-corrected chi connectivity index (χ1v) is 5.08. The van der Waals surface area contributed by atoms with Crippen LogP contribution in [0.5, 0.6) is 0 Å². The molecule has 16 heavy (non-hydrogen) atoms. The van der Waals surface area contributed by atoms with Crippen LogP contribution in [0.1, 0.15) is 18.4 Å². The second-order valence-corrected chi connectivity index (χ2v) is 3.61. The Balaban J connectivity index is 2.40. The van der Waals surface area contributed by atoms with Crippen LogP contribution < -0.4 is 4.90 Å². The monoisotopic (exact) mass is 214 g/mol. The van der Waals surface area contributed by atoms with Gasteiger partial charge in [0.15, 0.2) is 0 Å². The lowest BCUT2D eigenvalue weighted by Crippen LogP contribution is -2.41. The molecule has 2 rings (SSSR count). The fraction of sp³-hybridized carbons (Fsp3) is 0.250. The van der Waals surface area contributed by atoms with Crippen LogP contribution in [0.2, 0.25) is 0 Å². The van der Waals surface area contributed by atoms with Crippen LogP contribution in [0.25, 0.3) is 0 Å². The number of Topliss-reactive ketones (excluding diaryl/α,β-unsaturated/α-hetero) is 1. The summed E-state index contributed by atoms with van der Waals surface area (Å²) in [6.07, 6.45) is 0.967. The minimum atomic E-state index is -0.506. The van der Waals surface area contributed by atoms with E-state index in [9.17, 15) is 9.59 Å². The zero-order valence-electron chi connectivity index (χ0n) is 8.64. The fourth-order valence-electron chi connectivity index (χ4n) is 1.79. The largest absolute Gasteiger partial charge is 0.304 e. The molecule has 0 aromatic heterocycles. The highest BCUT2D eigenvalue weighted by atomic mass is 16.2. The third kappa shape index (κ3) is 1.68. The maximum atomic E-state index is 11.7. The molecule has 1 fully saturated rings. The average Bonchev–Trinajstić information content (AvgIpc) is 2.33. The van der Waals surface area contributed by atoms with Gasteiger partial charge < -0.3 is 4.90 Å². The van der Waals surface area contributed by atoms with Gasteiger partial charge in [-0.1, -0.05) is 12.1 Å². The van der Waals surface area contributed by atoms with Crippen molar-refractivity contribution < 1.29 is 9.59 Å². The molecule has 1 aromatic carbocycles. The molecule has 0 radical (unpaired) electrons. The van der Waals surface area contributed by atoms with Gasteiger partial charge in [0, 0.05) is 13.0 Å². The number of nitriles is 1. The molecule has 1 heterocycles. The summed E-state index contributed by atoms with van der Waals surface area (Å²) in [5, 5.41) is 8.93. The normalized spacial score (nSPS) is 16.1. The van der Waals surface area contributed by atoms with Gasteiger partial charge in [0.25, 0.3) is 5.91 Å². The summed E-state index contributed by atoms with van der Waals surface area (Å²) < 4.78 is 0. The summed E-state index contributed by atoms with van der Waals surface area (Å²) in [7, 11) is 0. The van der Waals surface area contributed by atoms with Gasteiger partial charge in [-0.15, -0.1) is 0 Å². The standard InChI is InChI=1S/C12H10N2O2/c13-8-9-4-1-2-5-10(9)14-7-3-6-11(15)12(14)16/h1-2,4-5H,3,6-7H2. The van der Waals surface area contributed by atoms with Crippen LogP contribution >= 0.6 is 0 Å². The molecular weight excluding hydrogens is 204 g/mol. The number of ketones is 1. The number of carbonyl (C=O) groups excluding carboxylic acids is 2. The Kier molecular flexibility index (Phi) is 2.69. The van der Waals surface area contributed by atoms with Gasteiger partial charge in [-0.05, 0) is 18.6 Å². The van der Waals surface area contributed by atoms with Gasteiger partial charge in [-0.25, -0.2) is 0 Å². The van der Waals surface area contributed by atoms with Crippen molar-refractivity contribution in [3.05, 3.63) is 29.8 Å². The van der Waals surface area contributed by atoms with E-state index in [2.05, 4.69) is 0 Å². The van der Waals surface area contributed by atoms with Crippen molar-refractivity contribution in [1.82, 2.24) is 0 Å². The van der Waals surface area contributed by atoms with Crippen molar-refractivity contribution in [3.8, 4) is 6.07 Å². The Morgan fingerprint density at radius 3 is 2.75 bits per heavy atom. The molecule has 1 aliphatic heterocycles. The van der Waals surface area contributed by atoms with Crippen molar-refractivity contribution in [1.29, 1.82) is 5.26 Å². The molecule has 1 aliphatic rings. The third-order valence-electron chi connectivity index (χ3n) is 2.58. The SMILES string of the molecule is N#Cc1ccccc1N1CCCC(=O)C1=O. The maximum Gasteiger partial charge on any atom is 0.294 e. The zero-order valence-corrected chi connectivity index (χ0v) is 8.64. The first-order valence-electron chi connectivity index (χ1n) is 5.08. The molecule has 0 N–H and O–H groups in total. The van der Waals surface area contributed by atoms with Crippen LogP contribution in [0.15, 0.2) is 24.3 Å². The Labute approximate surface area is 93.1 Å². The Hall–Kier alpha value is -2.15. The summed E-state index contributed by atoms with van der Waals surface area (Å²) in [6.45, 7) is 0.503. The van der Waals surface area contributed by atoms with E-state index >= 15 is 0 Å². The smallest absolute Gasteiger partial charge is 0.294 e. The van der Waals surface area contributed by atoms with Gasteiger partial charge in [0.1, 0.15) is 6.07 Å². The van der Waals surface area contributed by atoms with E-state index in [0.717, 1.165) is 0 Å². The number of carbonyl (C=O) groups is 2. The molecule has 1 amide bonds. The van der Waals surface area contributed by atoms with Crippen molar-refractivity contribution in [2.45, 2.75) is 12.8 Å². The number of piperidine rings is 1. The molecule has 0 unspecified atom stereocenters. The molecule has 1 saturated heterocycles. The molecule has 0 aliphatic carbocycles. The van der Waals surface area contributed by atoms with Gasteiger partial charge in [0.05, 0.1) is 11.3 Å². The van der Waals surface area contributed by atoms with Gasteiger partial charge >= 0.3 is 0 Å². The number of anilines is 1. The third-order valence-corrected chi connectivity index (χ3v) is 2.58. The van der Waals surface area contributed by atoms with Crippen LogP contribution in [-0.4, -0.2) is 18.2 Å². The van der Waals surface area contributed by atoms with E-state index in [1.54, 1.807) is 24.3 Å². The first-order chi connectivity index (χ1) is 7.74. The van der Waals surface area contributed by atoms with E-state index < -0.39 is 5.91 Å². The van der Waals surface area contributed by atoms with Crippen LogP contribution in [0.4, 0.5) is 5.69 Å². The predicted molar refractivity (Wildman–Crippen MR) is 57.8 cm³/mol. The first kappa shape index (κ1) is 10.4. The van der Waals surface area contributed by atoms with E-state index in [4.69, 9.17) is 5.26 Å². The highest BCUT2D eigenvalue weighted by Crippen LogP contribution is 2.22. The molecule has 0 atom stereocenters. The lowest BCUT2D eigenvalue weighted by atomic mass is 10.1. The highest BCUT2D eigenvalue weighted by molar-refractivity contribution is 6.42. The van der Waals surface area contributed by atoms with E-state index in [1.165, 1.54) is 4.90 Å². The molecule has 4 heteroatoms. The van der Waals surface area contributed by atoms with E-state index in [1.807, 2.05) is 6.07 Å². The zero-order chi connectivity index (χ0) is 11.5. The van der Waals surface area contributed by atoms with Gasteiger partial charge in [0.2, 0.25) is 5.78 Å².